The minimum atomic E-state index is 0.0327. The zero-order valence-corrected chi connectivity index (χ0v) is 15.1. The Labute approximate surface area is 149 Å². The third kappa shape index (κ3) is 3.79. The molecule has 0 bridgehead atoms. The Hall–Kier alpha value is -1.86. The highest BCUT2D eigenvalue weighted by Gasteiger charge is 2.26. The van der Waals surface area contributed by atoms with Gasteiger partial charge in [0.05, 0.1) is 4.47 Å². The van der Waals surface area contributed by atoms with E-state index in [2.05, 4.69) is 21.1 Å². The van der Waals surface area contributed by atoms with Crippen LogP contribution in [0.25, 0.3) is 0 Å². The third-order valence-corrected chi connectivity index (χ3v) is 4.76. The number of nitrogens with zero attached hydrogens (tertiary/aromatic N) is 2. The summed E-state index contributed by atoms with van der Waals surface area (Å²) in [5.74, 6) is 1.85. The van der Waals surface area contributed by atoms with Crippen molar-refractivity contribution in [2.24, 2.45) is 11.7 Å². The molecule has 2 heterocycles. The number of ether oxygens (including phenoxy) is 1. The van der Waals surface area contributed by atoms with Gasteiger partial charge in [-0.1, -0.05) is 5.16 Å². The number of amides is 1. The van der Waals surface area contributed by atoms with Crippen LogP contribution >= 0.6 is 15.9 Å². The van der Waals surface area contributed by atoms with Crippen LogP contribution in [0.5, 0.6) is 5.75 Å². The molecule has 1 saturated heterocycles. The summed E-state index contributed by atoms with van der Waals surface area (Å²) in [5, 5.41) is 3.89. The van der Waals surface area contributed by atoms with Gasteiger partial charge in [-0.05, 0) is 59.9 Å². The molecule has 0 saturated carbocycles. The molecule has 2 N–H and O–H groups in total. The lowest BCUT2D eigenvalue weighted by Gasteiger charge is -2.17. The lowest BCUT2D eigenvalue weighted by Crippen LogP contribution is -2.29. The van der Waals surface area contributed by atoms with Gasteiger partial charge in [0.25, 0.3) is 5.91 Å². The fourth-order valence-electron chi connectivity index (χ4n) is 2.78. The Bertz CT molecular complexity index is 732. The second kappa shape index (κ2) is 7.36. The van der Waals surface area contributed by atoms with E-state index in [0.717, 1.165) is 35.4 Å². The lowest BCUT2D eigenvalue weighted by atomic mass is 10.1. The maximum absolute atomic E-state index is 12.6. The normalized spacial score (nSPS) is 17.3. The molecule has 6 nitrogen and oxygen atoms in total. The van der Waals surface area contributed by atoms with Crippen LogP contribution in [-0.2, 0) is 6.61 Å². The number of hydrogen-bond donors (Lipinski definition) is 1. The first-order valence-electron chi connectivity index (χ1n) is 7.90. The van der Waals surface area contributed by atoms with Gasteiger partial charge in [-0.3, -0.25) is 4.79 Å². The van der Waals surface area contributed by atoms with E-state index < -0.39 is 0 Å². The number of hydrogen-bond acceptors (Lipinski definition) is 5. The van der Waals surface area contributed by atoms with Crippen molar-refractivity contribution in [3.8, 4) is 5.75 Å². The number of likely N-dealkylation sites (tertiary alicyclic amines) is 1. The molecule has 1 aliphatic rings. The first-order valence-corrected chi connectivity index (χ1v) is 8.70. The fraction of sp³-hybridized carbons (Fsp3) is 0.412. The topological polar surface area (TPSA) is 81.6 Å². The summed E-state index contributed by atoms with van der Waals surface area (Å²) in [7, 11) is 0. The summed E-state index contributed by atoms with van der Waals surface area (Å²) in [6.07, 6.45) is 0.974. The number of halogens is 1. The summed E-state index contributed by atoms with van der Waals surface area (Å²) in [4.78, 5) is 14.4. The maximum atomic E-state index is 12.6. The van der Waals surface area contributed by atoms with Crippen molar-refractivity contribution < 1.29 is 14.1 Å². The highest BCUT2D eigenvalue weighted by Crippen LogP contribution is 2.28. The Morgan fingerprint density at radius 1 is 1.50 bits per heavy atom. The molecule has 2 aromatic rings. The van der Waals surface area contributed by atoms with E-state index in [9.17, 15) is 4.79 Å². The van der Waals surface area contributed by atoms with Gasteiger partial charge in [-0.25, -0.2) is 0 Å². The van der Waals surface area contributed by atoms with Crippen LogP contribution in [0.1, 0.15) is 28.2 Å². The van der Waals surface area contributed by atoms with Gasteiger partial charge in [-0.2, -0.15) is 0 Å². The van der Waals surface area contributed by atoms with E-state index in [1.165, 1.54) is 0 Å². The zero-order valence-electron chi connectivity index (χ0n) is 13.5. The number of rotatable bonds is 5. The number of aromatic nitrogens is 1. The highest BCUT2D eigenvalue weighted by atomic mass is 79.9. The quantitative estimate of drug-likeness (QED) is 0.844. The van der Waals surface area contributed by atoms with Crippen LogP contribution in [0.2, 0.25) is 0 Å². The summed E-state index contributed by atoms with van der Waals surface area (Å²) in [5.41, 5.74) is 7.06. The molecule has 0 radical (unpaired) electrons. The second-order valence-electron chi connectivity index (χ2n) is 6.00. The molecule has 1 amide bonds. The molecule has 1 atom stereocenters. The first-order chi connectivity index (χ1) is 11.6. The number of benzene rings is 1. The molecular formula is C17H20BrN3O3. The van der Waals surface area contributed by atoms with Gasteiger partial charge >= 0.3 is 0 Å². The Morgan fingerprint density at radius 2 is 2.33 bits per heavy atom. The Kier molecular flexibility index (Phi) is 5.20. The molecule has 0 unspecified atom stereocenters. The average Bonchev–Trinajstić information content (AvgIpc) is 3.21. The van der Waals surface area contributed by atoms with E-state index in [0.29, 0.717) is 30.4 Å². The minimum Gasteiger partial charge on any atom is -0.486 e. The number of nitrogens with two attached hydrogens (primary N) is 1. The van der Waals surface area contributed by atoms with Crippen molar-refractivity contribution in [1.29, 1.82) is 0 Å². The second-order valence-corrected chi connectivity index (χ2v) is 6.86. The molecule has 1 fully saturated rings. The standard InChI is InChI=1S/C17H20BrN3O3/c1-11-6-14(20-24-11)10-23-16-3-2-13(7-15(16)18)17(22)21-5-4-12(8-19)9-21/h2-3,6-7,12H,4-5,8-10,19H2,1H3/t12-/m0/s1. The molecule has 7 heteroatoms. The number of carbonyl (C=O) groups is 1. The van der Waals surface area contributed by atoms with E-state index >= 15 is 0 Å². The monoisotopic (exact) mass is 393 g/mol. The molecule has 24 heavy (non-hydrogen) atoms. The van der Waals surface area contributed by atoms with Crippen molar-refractivity contribution in [2.75, 3.05) is 19.6 Å². The zero-order chi connectivity index (χ0) is 17.1. The predicted octanol–water partition coefficient (Wildman–Crippen LogP) is 2.75. The summed E-state index contributed by atoms with van der Waals surface area (Å²) in [6.45, 7) is 4.27. The van der Waals surface area contributed by atoms with E-state index in [-0.39, 0.29) is 5.91 Å². The summed E-state index contributed by atoms with van der Waals surface area (Å²) < 4.78 is 11.5. The molecule has 0 spiro atoms. The SMILES string of the molecule is Cc1cc(COc2ccc(C(=O)N3CC[C@@H](CN)C3)cc2Br)no1. The van der Waals surface area contributed by atoms with Gasteiger partial charge in [-0.15, -0.1) is 0 Å². The van der Waals surface area contributed by atoms with Crippen molar-refractivity contribution >= 4 is 21.8 Å². The van der Waals surface area contributed by atoms with E-state index in [4.69, 9.17) is 15.0 Å². The fourth-order valence-corrected chi connectivity index (χ4v) is 3.27. The largest absolute Gasteiger partial charge is 0.486 e. The van der Waals surface area contributed by atoms with Crippen LogP contribution < -0.4 is 10.5 Å². The smallest absolute Gasteiger partial charge is 0.253 e. The predicted molar refractivity (Wildman–Crippen MR) is 92.8 cm³/mol. The van der Waals surface area contributed by atoms with Crippen LogP contribution in [0.15, 0.2) is 33.3 Å². The van der Waals surface area contributed by atoms with Crippen molar-refractivity contribution in [1.82, 2.24) is 10.1 Å². The van der Waals surface area contributed by atoms with Crippen LogP contribution in [0, 0.1) is 12.8 Å². The van der Waals surface area contributed by atoms with Crippen molar-refractivity contribution in [3.63, 3.8) is 0 Å². The number of aryl methyl sites for hydroxylation is 1. The molecular weight excluding hydrogens is 374 g/mol. The Morgan fingerprint density at radius 3 is 2.96 bits per heavy atom. The molecule has 3 rings (SSSR count). The van der Waals surface area contributed by atoms with Crippen molar-refractivity contribution in [3.05, 3.63) is 45.8 Å². The van der Waals surface area contributed by atoms with E-state index in [1.54, 1.807) is 18.2 Å². The average molecular weight is 394 g/mol. The first kappa shape index (κ1) is 17.0. The maximum Gasteiger partial charge on any atom is 0.253 e. The van der Waals surface area contributed by atoms with Crippen LogP contribution in [0.3, 0.4) is 0 Å². The summed E-state index contributed by atoms with van der Waals surface area (Å²) in [6, 6.07) is 7.20. The van der Waals surface area contributed by atoms with Crippen LogP contribution in [0.4, 0.5) is 0 Å². The Balaban J connectivity index is 1.64. The molecule has 128 valence electrons. The molecule has 0 aliphatic carbocycles. The lowest BCUT2D eigenvalue weighted by molar-refractivity contribution is 0.0787. The van der Waals surface area contributed by atoms with Gasteiger partial charge in [0.15, 0.2) is 0 Å². The van der Waals surface area contributed by atoms with E-state index in [1.807, 2.05) is 17.9 Å². The highest BCUT2D eigenvalue weighted by molar-refractivity contribution is 9.10. The van der Waals surface area contributed by atoms with Gasteiger partial charge < -0.3 is 19.9 Å². The van der Waals surface area contributed by atoms with Gasteiger partial charge in [0.1, 0.15) is 23.8 Å². The van der Waals surface area contributed by atoms with Crippen LogP contribution in [-0.4, -0.2) is 35.6 Å². The van der Waals surface area contributed by atoms with Gasteiger partial charge in [0, 0.05) is 24.7 Å². The number of carbonyl (C=O) groups excluding carboxylic acids is 1. The summed E-state index contributed by atoms with van der Waals surface area (Å²) >= 11 is 3.47. The van der Waals surface area contributed by atoms with Gasteiger partial charge in [0.2, 0.25) is 0 Å². The molecule has 1 aromatic carbocycles. The molecule has 1 aliphatic heterocycles. The van der Waals surface area contributed by atoms with Crippen molar-refractivity contribution in [2.45, 2.75) is 20.0 Å². The third-order valence-electron chi connectivity index (χ3n) is 4.14. The minimum absolute atomic E-state index is 0.0327. The molecule has 1 aromatic heterocycles.